The highest BCUT2D eigenvalue weighted by Crippen LogP contribution is 2.31. The first kappa shape index (κ1) is 22.2. The quantitative estimate of drug-likeness (QED) is 0.407. The third-order valence-corrected chi connectivity index (χ3v) is 6.54. The molecule has 7 nitrogen and oxygen atoms in total. The molecule has 0 saturated carbocycles. The normalized spacial score (nSPS) is 11.1. The zero-order chi connectivity index (χ0) is 23.4. The van der Waals surface area contributed by atoms with Gasteiger partial charge in [-0.25, -0.2) is 8.42 Å². The fourth-order valence-corrected chi connectivity index (χ4v) is 4.80. The zero-order valence-electron chi connectivity index (χ0n) is 18.0. The average Bonchev–Trinajstić information content (AvgIpc) is 2.84. The number of methoxy groups -OCH3 is 2. The Hall–Kier alpha value is -4.04. The fraction of sp³-hybridized carbons (Fsp3) is 0.0800. The van der Waals surface area contributed by atoms with Gasteiger partial charge in [-0.1, -0.05) is 48.5 Å². The molecule has 33 heavy (non-hydrogen) atoms. The van der Waals surface area contributed by atoms with E-state index < -0.39 is 15.9 Å². The standard InChI is InChI=1S/C25H22N2O5S/c1-31-18-14-15-22(23(16-18)32-2)26-25(28)20-11-5-6-12-21(20)27-33(29,30)24-13-7-9-17-8-3-4-10-19(17)24/h3-16,27H,1-2H3,(H,26,28). The second-order valence-corrected chi connectivity index (χ2v) is 8.80. The smallest absolute Gasteiger partial charge is 0.262 e. The summed E-state index contributed by atoms with van der Waals surface area (Å²) in [6, 6.07) is 23.7. The summed E-state index contributed by atoms with van der Waals surface area (Å²) in [6.07, 6.45) is 0. The van der Waals surface area contributed by atoms with Crippen molar-refractivity contribution in [3.8, 4) is 11.5 Å². The number of anilines is 2. The van der Waals surface area contributed by atoms with Crippen LogP contribution in [0, 0.1) is 0 Å². The van der Waals surface area contributed by atoms with Crippen LogP contribution in [0.25, 0.3) is 10.8 Å². The molecule has 4 rings (SSSR count). The van der Waals surface area contributed by atoms with Crippen LogP contribution in [-0.4, -0.2) is 28.5 Å². The predicted molar refractivity (Wildman–Crippen MR) is 129 cm³/mol. The Morgan fingerprint density at radius 3 is 2.30 bits per heavy atom. The molecule has 0 fully saturated rings. The van der Waals surface area contributed by atoms with Crippen LogP contribution in [0.3, 0.4) is 0 Å². The number of rotatable bonds is 7. The number of sulfonamides is 1. The summed E-state index contributed by atoms with van der Waals surface area (Å²) < 4.78 is 39.6. The fourth-order valence-electron chi connectivity index (χ4n) is 3.49. The van der Waals surface area contributed by atoms with Gasteiger partial charge in [-0.2, -0.15) is 0 Å². The van der Waals surface area contributed by atoms with Crippen molar-refractivity contribution in [3.63, 3.8) is 0 Å². The second-order valence-electron chi connectivity index (χ2n) is 7.15. The van der Waals surface area contributed by atoms with Gasteiger partial charge in [0.05, 0.1) is 36.1 Å². The average molecular weight is 463 g/mol. The first-order valence-electron chi connectivity index (χ1n) is 10.1. The topological polar surface area (TPSA) is 93.7 Å². The molecule has 2 N–H and O–H groups in total. The minimum Gasteiger partial charge on any atom is -0.497 e. The molecule has 0 radical (unpaired) electrons. The van der Waals surface area contributed by atoms with E-state index in [2.05, 4.69) is 10.0 Å². The van der Waals surface area contributed by atoms with Gasteiger partial charge in [-0.15, -0.1) is 0 Å². The first-order valence-corrected chi connectivity index (χ1v) is 11.5. The third kappa shape index (κ3) is 4.61. The van der Waals surface area contributed by atoms with Crippen molar-refractivity contribution in [2.75, 3.05) is 24.3 Å². The molecule has 4 aromatic rings. The Morgan fingerprint density at radius 2 is 1.52 bits per heavy atom. The Bertz CT molecular complexity index is 1430. The van der Waals surface area contributed by atoms with Crippen LogP contribution in [0.5, 0.6) is 11.5 Å². The van der Waals surface area contributed by atoms with Crippen molar-refractivity contribution in [3.05, 3.63) is 90.5 Å². The first-order chi connectivity index (χ1) is 15.9. The van der Waals surface area contributed by atoms with E-state index in [-0.39, 0.29) is 16.1 Å². The van der Waals surface area contributed by atoms with E-state index in [1.165, 1.54) is 20.3 Å². The van der Waals surface area contributed by atoms with Gasteiger partial charge in [0.1, 0.15) is 11.5 Å². The predicted octanol–water partition coefficient (Wildman–Crippen LogP) is 4.91. The number of fused-ring (bicyclic) bond motifs is 1. The van der Waals surface area contributed by atoms with Crippen LogP contribution in [-0.2, 0) is 10.0 Å². The van der Waals surface area contributed by atoms with Gasteiger partial charge >= 0.3 is 0 Å². The molecule has 0 spiro atoms. The molecule has 0 aromatic heterocycles. The molecule has 0 aliphatic rings. The van der Waals surface area contributed by atoms with E-state index in [9.17, 15) is 13.2 Å². The lowest BCUT2D eigenvalue weighted by molar-refractivity contribution is 0.102. The molecule has 0 bridgehead atoms. The number of carbonyl (C=O) groups is 1. The van der Waals surface area contributed by atoms with Gasteiger partial charge in [0, 0.05) is 11.5 Å². The lowest BCUT2D eigenvalue weighted by Gasteiger charge is -2.15. The van der Waals surface area contributed by atoms with Crippen molar-refractivity contribution in [1.29, 1.82) is 0 Å². The van der Waals surface area contributed by atoms with Crippen molar-refractivity contribution >= 4 is 38.1 Å². The van der Waals surface area contributed by atoms with E-state index >= 15 is 0 Å². The van der Waals surface area contributed by atoms with E-state index in [1.54, 1.807) is 60.7 Å². The minimum atomic E-state index is -3.96. The van der Waals surface area contributed by atoms with Gasteiger partial charge in [0.15, 0.2) is 0 Å². The molecule has 0 aliphatic heterocycles. The number of carbonyl (C=O) groups excluding carboxylic acids is 1. The molecule has 4 aromatic carbocycles. The summed E-state index contributed by atoms with van der Waals surface area (Å²) in [5.74, 6) is 0.499. The van der Waals surface area contributed by atoms with Crippen LogP contribution in [0.4, 0.5) is 11.4 Å². The highest BCUT2D eigenvalue weighted by atomic mass is 32.2. The molecule has 168 valence electrons. The molecule has 0 heterocycles. The number of hydrogen-bond donors (Lipinski definition) is 2. The van der Waals surface area contributed by atoms with Crippen molar-refractivity contribution in [2.24, 2.45) is 0 Å². The Kier molecular flexibility index (Phi) is 6.19. The van der Waals surface area contributed by atoms with Crippen LogP contribution < -0.4 is 19.5 Å². The summed E-state index contributed by atoms with van der Waals surface area (Å²) in [4.78, 5) is 13.2. The molecule has 0 unspecified atom stereocenters. The monoisotopic (exact) mass is 462 g/mol. The molecule has 1 amide bonds. The summed E-state index contributed by atoms with van der Waals surface area (Å²) in [5.41, 5.74) is 0.754. The number of nitrogens with one attached hydrogen (secondary N) is 2. The summed E-state index contributed by atoms with van der Waals surface area (Å²) >= 11 is 0. The second kappa shape index (κ2) is 9.22. The number of para-hydroxylation sites is 1. The van der Waals surface area contributed by atoms with Gasteiger partial charge < -0.3 is 14.8 Å². The zero-order valence-corrected chi connectivity index (χ0v) is 18.8. The molecule has 0 atom stereocenters. The minimum absolute atomic E-state index is 0.132. The number of amides is 1. The van der Waals surface area contributed by atoms with Gasteiger partial charge in [0.2, 0.25) is 0 Å². The molecular weight excluding hydrogens is 440 g/mol. The van der Waals surface area contributed by atoms with E-state index in [4.69, 9.17) is 9.47 Å². The summed E-state index contributed by atoms with van der Waals surface area (Å²) in [6.45, 7) is 0. The maximum absolute atomic E-state index is 13.2. The Labute approximate surface area is 192 Å². The third-order valence-electron chi connectivity index (χ3n) is 5.11. The lowest BCUT2D eigenvalue weighted by atomic mass is 10.1. The van der Waals surface area contributed by atoms with Crippen molar-refractivity contribution in [2.45, 2.75) is 4.90 Å². The highest BCUT2D eigenvalue weighted by Gasteiger charge is 2.21. The van der Waals surface area contributed by atoms with Gasteiger partial charge in [0.25, 0.3) is 15.9 Å². The van der Waals surface area contributed by atoms with Gasteiger partial charge in [-0.05, 0) is 35.7 Å². The van der Waals surface area contributed by atoms with Crippen LogP contribution in [0.2, 0.25) is 0 Å². The van der Waals surface area contributed by atoms with Crippen molar-refractivity contribution < 1.29 is 22.7 Å². The van der Waals surface area contributed by atoms with E-state index in [0.29, 0.717) is 22.6 Å². The molecule has 8 heteroatoms. The number of ether oxygens (including phenoxy) is 2. The molecular formula is C25H22N2O5S. The SMILES string of the molecule is COc1ccc(NC(=O)c2ccccc2NS(=O)(=O)c2cccc3ccccc23)c(OC)c1. The lowest BCUT2D eigenvalue weighted by Crippen LogP contribution is -2.19. The highest BCUT2D eigenvalue weighted by molar-refractivity contribution is 7.93. The molecule has 0 saturated heterocycles. The number of hydrogen-bond acceptors (Lipinski definition) is 5. The Balaban J connectivity index is 1.66. The van der Waals surface area contributed by atoms with E-state index in [0.717, 1.165) is 5.39 Å². The van der Waals surface area contributed by atoms with E-state index in [1.807, 2.05) is 18.2 Å². The van der Waals surface area contributed by atoms with Crippen molar-refractivity contribution in [1.82, 2.24) is 0 Å². The molecule has 0 aliphatic carbocycles. The maximum atomic E-state index is 13.2. The largest absolute Gasteiger partial charge is 0.497 e. The maximum Gasteiger partial charge on any atom is 0.262 e. The number of benzene rings is 4. The van der Waals surface area contributed by atoms with Crippen LogP contribution in [0.15, 0.2) is 89.8 Å². The summed E-state index contributed by atoms with van der Waals surface area (Å²) in [7, 11) is -0.946. The Morgan fingerprint density at radius 1 is 0.788 bits per heavy atom. The van der Waals surface area contributed by atoms with Gasteiger partial charge in [-0.3, -0.25) is 9.52 Å². The summed E-state index contributed by atoms with van der Waals surface area (Å²) in [5, 5.41) is 4.17. The van der Waals surface area contributed by atoms with Crippen LogP contribution in [0.1, 0.15) is 10.4 Å². The van der Waals surface area contributed by atoms with Crippen LogP contribution >= 0.6 is 0 Å².